The number of rotatable bonds is 9. The van der Waals surface area contributed by atoms with E-state index in [0.29, 0.717) is 42.3 Å². The van der Waals surface area contributed by atoms with Crippen molar-refractivity contribution in [2.24, 2.45) is 4.99 Å². The molecular weight excluding hydrogens is 504 g/mol. The summed E-state index contributed by atoms with van der Waals surface area (Å²) >= 11 is 0. The minimum atomic E-state index is -3.40. The van der Waals surface area contributed by atoms with Gasteiger partial charge in [-0.2, -0.15) is 0 Å². The van der Waals surface area contributed by atoms with Crippen molar-refractivity contribution in [2.45, 2.75) is 37.6 Å². The molecule has 0 fully saturated rings. The number of aliphatic imine (C=N–C) groups is 1. The fourth-order valence-corrected chi connectivity index (χ4v) is 4.37. The predicted octanol–water partition coefficient (Wildman–Crippen LogP) is 3.79. The molecule has 0 heterocycles. The van der Waals surface area contributed by atoms with E-state index >= 15 is 0 Å². The van der Waals surface area contributed by atoms with Crippen LogP contribution in [0.1, 0.15) is 25.8 Å². The Hall–Kier alpha value is -1.68. The zero-order valence-corrected chi connectivity index (χ0v) is 19.9. The van der Waals surface area contributed by atoms with Gasteiger partial charge in [-0.05, 0) is 43.5 Å². The summed E-state index contributed by atoms with van der Waals surface area (Å²) in [5.41, 5.74) is 0.612. The summed E-state index contributed by atoms with van der Waals surface area (Å²) in [5.74, 6) is 0.274. The fraction of sp³-hybridized carbons (Fsp3) is 0.381. The molecule has 0 saturated carbocycles. The van der Waals surface area contributed by atoms with Crippen LogP contribution in [0.3, 0.4) is 0 Å². The molecule has 2 aromatic carbocycles. The number of sulfone groups is 1. The minimum Gasteiger partial charge on any atom is -0.357 e. The lowest BCUT2D eigenvalue weighted by Crippen LogP contribution is -2.46. The molecule has 1 atom stereocenters. The monoisotopic (exact) mass is 533 g/mol. The van der Waals surface area contributed by atoms with Gasteiger partial charge in [0, 0.05) is 19.1 Å². The number of hydrogen-bond donors (Lipinski definition) is 2. The fourth-order valence-electron chi connectivity index (χ4n) is 2.75. The van der Waals surface area contributed by atoms with E-state index in [1.807, 2.05) is 13.8 Å². The Labute approximate surface area is 190 Å². The summed E-state index contributed by atoms with van der Waals surface area (Å²) in [5, 5.41) is 6.32. The first-order valence-corrected chi connectivity index (χ1v) is 11.2. The molecule has 2 N–H and O–H groups in total. The largest absolute Gasteiger partial charge is 0.357 e. The number of halogens is 2. The number of nitrogens with one attached hydrogen (secondary N) is 2. The average Bonchev–Trinajstić information content (AvgIpc) is 2.69. The van der Waals surface area contributed by atoms with Gasteiger partial charge in [-0.15, -0.1) is 24.0 Å². The van der Waals surface area contributed by atoms with Crippen molar-refractivity contribution < 1.29 is 12.8 Å². The molecule has 0 radical (unpaired) electrons. The third-order valence-corrected chi connectivity index (χ3v) is 6.14. The summed E-state index contributed by atoms with van der Waals surface area (Å²) < 4.78 is 39.0. The zero-order chi connectivity index (χ0) is 20.4. The summed E-state index contributed by atoms with van der Waals surface area (Å²) in [7, 11) is -3.40. The molecule has 0 bridgehead atoms. The van der Waals surface area contributed by atoms with Crippen molar-refractivity contribution in [3.63, 3.8) is 0 Å². The van der Waals surface area contributed by atoms with Crippen molar-refractivity contribution >= 4 is 39.8 Å². The van der Waals surface area contributed by atoms with Crippen molar-refractivity contribution in [1.29, 1.82) is 0 Å². The lowest BCUT2D eigenvalue weighted by molar-refractivity contribution is 0.568. The molecule has 2 aromatic rings. The molecule has 8 heteroatoms. The molecule has 0 saturated heterocycles. The molecule has 5 nitrogen and oxygen atoms in total. The van der Waals surface area contributed by atoms with Gasteiger partial charge in [-0.3, -0.25) is 4.99 Å². The first-order valence-electron chi connectivity index (χ1n) is 9.52. The standard InChI is InChI=1S/C21H28FN3O2S.HI/c1-3-18(16-28(26,27)19-11-6-5-7-12-19)25-21(23-4-2)24-15-14-17-10-8-9-13-20(17)22;/h5-13,18H,3-4,14-16H2,1-2H3,(H2,23,24,25);1H. The van der Waals surface area contributed by atoms with Crippen molar-refractivity contribution in [3.05, 3.63) is 66.0 Å². The molecule has 1 unspecified atom stereocenters. The van der Waals surface area contributed by atoms with Gasteiger partial charge in [0.2, 0.25) is 0 Å². The zero-order valence-electron chi connectivity index (χ0n) is 16.8. The van der Waals surface area contributed by atoms with Crippen LogP contribution in [0, 0.1) is 5.82 Å². The van der Waals surface area contributed by atoms with Gasteiger partial charge in [0.25, 0.3) is 0 Å². The highest BCUT2D eigenvalue weighted by atomic mass is 127. The summed E-state index contributed by atoms with van der Waals surface area (Å²) in [6, 6.07) is 14.8. The van der Waals surface area contributed by atoms with Crippen LogP contribution in [0.2, 0.25) is 0 Å². The number of guanidine groups is 1. The number of benzene rings is 2. The molecule has 0 aromatic heterocycles. The van der Waals surface area contributed by atoms with Crippen LogP contribution in [-0.2, 0) is 16.3 Å². The highest BCUT2D eigenvalue weighted by Gasteiger charge is 2.20. The molecule has 2 rings (SSSR count). The summed E-state index contributed by atoms with van der Waals surface area (Å²) in [6.07, 6.45) is 1.10. The van der Waals surface area contributed by atoms with Gasteiger partial charge in [0.05, 0.1) is 10.6 Å². The Morgan fingerprint density at radius 2 is 1.72 bits per heavy atom. The van der Waals surface area contributed by atoms with Gasteiger partial charge in [-0.25, -0.2) is 12.8 Å². The van der Waals surface area contributed by atoms with Gasteiger partial charge in [0.15, 0.2) is 15.8 Å². The second-order valence-corrected chi connectivity index (χ2v) is 8.48. The van der Waals surface area contributed by atoms with E-state index in [0.717, 1.165) is 0 Å². The summed E-state index contributed by atoms with van der Waals surface area (Å²) in [4.78, 5) is 4.79. The van der Waals surface area contributed by atoms with Crippen molar-refractivity contribution in [3.8, 4) is 0 Å². The Morgan fingerprint density at radius 3 is 2.34 bits per heavy atom. The van der Waals surface area contributed by atoms with Gasteiger partial charge in [0.1, 0.15) is 5.82 Å². The predicted molar refractivity (Wildman–Crippen MR) is 127 cm³/mol. The van der Waals surface area contributed by atoms with Gasteiger partial charge >= 0.3 is 0 Å². The van der Waals surface area contributed by atoms with E-state index in [-0.39, 0.29) is 41.6 Å². The number of hydrogen-bond acceptors (Lipinski definition) is 3. The van der Waals surface area contributed by atoms with E-state index in [2.05, 4.69) is 15.6 Å². The van der Waals surface area contributed by atoms with Crippen LogP contribution in [-0.4, -0.2) is 39.3 Å². The van der Waals surface area contributed by atoms with E-state index in [9.17, 15) is 12.8 Å². The van der Waals surface area contributed by atoms with E-state index in [1.165, 1.54) is 6.07 Å². The maximum atomic E-state index is 13.7. The minimum absolute atomic E-state index is 0. The Kier molecular flexibility index (Phi) is 11.2. The lowest BCUT2D eigenvalue weighted by atomic mass is 10.1. The maximum Gasteiger partial charge on any atom is 0.191 e. The first kappa shape index (κ1) is 25.4. The second-order valence-electron chi connectivity index (χ2n) is 6.45. The molecule has 0 amide bonds. The Morgan fingerprint density at radius 1 is 1.07 bits per heavy atom. The summed E-state index contributed by atoms with van der Waals surface area (Å²) in [6.45, 7) is 4.92. The highest BCUT2D eigenvalue weighted by Crippen LogP contribution is 2.12. The smallest absolute Gasteiger partial charge is 0.191 e. The molecule has 0 spiro atoms. The average molecular weight is 533 g/mol. The first-order chi connectivity index (χ1) is 13.5. The van der Waals surface area contributed by atoms with Crippen LogP contribution in [0.15, 0.2) is 64.5 Å². The lowest BCUT2D eigenvalue weighted by Gasteiger charge is -2.20. The molecular formula is C21H29FIN3O2S. The van der Waals surface area contributed by atoms with E-state index in [4.69, 9.17) is 0 Å². The normalized spacial score (nSPS) is 12.7. The third-order valence-electron chi connectivity index (χ3n) is 4.31. The number of nitrogens with zero attached hydrogens (tertiary/aromatic N) is 1. The van der Waals surface area contributed by atoms with Crippen LogP contribution in [0.25, 0.3) is 0 Å². The topological polar surface area (TPSA) is 70.6 Å². The van der Waals surface area contributed by atoms with Gasteiger partial charge < -0.3 is 10.6 Å². The maximum absolute atomic E-state index is 13.7. The molecule has 0 aliphatic rings. The van der Waals surface area contributed by atoms with Crippen molar-refractivity contribution in [1.82, 2.24) is 10.6 Å². The molecule has 160 valence electrons. The van der Waals surface area contributed by atoms with Crippen LogP contribution < -0.4 is 10.6 Å². The van der Waals surface area contributed by atoms with Crippen LogP contribution in [0.5, 0.6) is 0 Å². The third kappa shape index (κ3) is 8.30. The molecule has 0 aliphatic carbocycles. The highest BCUT2D eigenvalue weighted by molar-refractivity contribution is 14.0. The van der Waals surface area contributed by atoms with E-state index in [1.54, 1.807) is 48.5 Å². The Balaban J connectivity index is 0.00000420. The van der Waals surface area contributed by atoms with Crippen molar-refractivity contribution in [2.75, 3.05) is 18.8 Å². The molecule has 29 heavy (non-hydrogen) atoms. The van der Waals surface area contributed by atoms with E-state index < -0.39 is 9.84 Å². The van der Waals surface area contributed by atoms with Crippen LogP contribution >= 0.6 is 24.0 Å². The second kappa shape index (κ2) is 12.8. The Bertz CT molecular complexity index is 877. The quantitative estimate of drug-likeness (QED) is 0.293. The van der Waals surface area contributed by atoms with Crippen LogP contribution in [0.4, 0.5) is 4.39 Å². The molecule has 0 aliphatic heterocycles. The SMILES string of the molecule is CCNC(=NCCc1ccccc1F)NC(CC)CS(=O)(=O)c1ccccc1.I. The van der Waals surface area contributed by atoms with Gasteiger partial charge in [-0.1, -0.05) is 43.3 Å².